The molecule has 2 aliphatic heterocycles. The number of nitrogens with one attached hydrogen (secondary N) is 2. The second kappa shape index (κ2) is 11.1. The average molecular weight is 552 g/mol. The van der Waals surface area contributed by atoms with Gasteiger partial charge in [-0.3, -0.25) is 4.79 Å². The summed E-state index contributed by atoms with van der Waals surface area (Å²) >= 11 is 0. The van der Waals surface area contributed by atoms with Crippen LogP contribution in [0, 0.1) is 6.92 Å². The number of morpholine rings is 1. The fraction of sp³-hybridized carbons (Fsp3) is 0.290. The minimum absolute atomic E-state index is 0.0441. The molecule has 1 aromatic carbocycles. The van der Waals surface area contributed by atoms with Gasteiger partial charge in [-0.15, -0.1) is 0 Å². The van der Waals surface area contributed by atoms with Crippen molar-refractivity contribution >= 4 is 34.8 Å². The fourth-order valence-electron chi connectivity index (χ4n) is 5.46. The van der Waals surface area contributed by atoms with E-state index in [1.807, 2.05) is 78.9 Å². The van der Waals surface area contributed by atoms with E-state index in [1.54, 1.807) is 29.4 Å². The Bertz CT molecular complexity index is 1610. The Labute approximate surface area is 238 Å². The number of urea groups is 1. The number of rotatable bonds is 5. The molecule has 2 unspecified atom stereocenters. The lowest BCUT2D eigenvalue weighted by atomic mass is 10.00. The second-order valence-electron chi connectivity index (χ2n) is 10.4. The predicted octanol–water partition coefficient (Wildman–Crippen LogP) is 5.10. The summed E-state index contributed by atoms with van der Waals surface area (Å²) in [7, 11) is 0. The van der Waals surface area contributed by atoms with Gasteiger partial charge < -0.3 is 29.6 Å². The van der Waals surface area contributed by atoms with Gasteiger partial charge in [-0.2, -0.15) is 0 Å². The topological polar surface area (TPSA) is 104 Å². The van der Waals surface area contributed by atoms with Crippen molar-refractivity contribution in [2.24, 2.45) is 0 Å². The molecule has 3 aromatic heterocycles. The minimum Gasteiger partial charge on any atom is -0.378 e. The van der Waals surface area contributed by atoms with Gasteiger partial charge in [-0.1, -0.05) is 24.3 Å². The zero-order chi connectivity index (χ0) is 28.5. The molecule has 5 heterocycles. The van der Waals surface area contributed by atoms with Crippen molar-refractivity contribution < 1.29 is 14.3 Å². The lowest BCUT2D eigenvalue weighted by molar-refractivity contribution is 0.0302. The number of ether oxygens (including phenoxy) is 1. The summed E-state index contributed by atoms with van der Waals surface area (Å²) in [6.07, 6.45) is 11.4. The quantitative estimate of drug-likeness (QED) is 0.335. The smallest absolute Gasteiger partial charge is 0.322 e. The number of nitrogens with zero attached hydrogens (tertiary/aromatic N) is 5. The number of aromatic nitrogens is 3. The molecule has 10 nitrogen and oxygen atoms in total. The number of carbonyl (C=O) groups is 2. The first-order valence-electron chi connectivity index (χ1n) is 13.8. The Balaban J connectivity index is 1.26. The normalized spacial score (nSPS) is 18.6. The number of hydrogen-bond acceptors (Lipinski definition) is 6. The van der Waals surface area contributed by atoms with Gasteiger partial charge in [0.1, 0.15) is 5.82 Å². The number of imidazole rings is 1. The monoisotopic (exact) mass is 551 g/mol. The summed E-state index contributed by atoms with van der Waals surface area (Å²) in [5.74, 6) is 0.558. The number of anilines is 3. The first kappa shape index (κ1) is 26.5. The largest absolute Gasteiger partial charge is 0.378 e. The van der Waals surface area contributed by atoms with E-state index in [2.05, 4.69) is 20.6 Å². The maximum Gasteiger partial charge on any atom is 0.322 e. The molecule has 1 saturated heterocycles. The van der Waals surface area contributed by atoms with Gasteiger partial charge in [0, 0.05) is 61.2 Å². The van der Waals surface area contributed by atoms with Gasteiger partial charge in [-0.25, -0.2) is 14.8 Å². The lowest BCUT2D eigenvalue weighted by Crippen LogP contribution is -2.42. The van der Waals surface area contributed by atoms with Gasteiger partial charge in [0.05, 0.1) is 24.5 Å². The molecule has 4 aromatic rings. The molecule has 0 radical (unpaired) electrons. The highest BCUT2D eigenvalue weighted by Crippen LogP contribution is 2.33. The van der Waals surface area contributed by atoms with E-state index in [-0.39, 0.29) is 24.0 Å². The van der Waals surface area contributed by atoms with E-state index in [0.717, 1.165) is 33.7 Å². The molecule has 0 bridgehead atoms. The van der Waals surface area contributed by atoms with Crippen molar-refractivity contribution in [3.05, 3.63) is 84.5 Å². The van der Waals surface area contributed by atoms with Crippen molar-refractivity contribution in [3.63, 3.8) is 0 Å². The molecule has 210 valence electrons. The van der Waals surface area contributed by atoms with E-state index in [4.69, 9.17) is 4.74 Å². The van der Waals surface area contributed by atoms with Gasteiger partial charge >= 0.3 is 6.03 Å². The summed E-state index contributed by atoms with van der Waals surface area (Å²) in [4.78, 5) is 38.6. The second-order valence-corrected chi connectivity index (χ2v) is 10.4. The molecule has 3 amide bonds. The van der Waals surface area contributed by atoms with Gasteiger partial charge in [0.25, 0.3) is 5.91 Å². The van der Waals surface area contributed by atoms with Gasteiger partial charge in [-0.05, 0) is 56.2 Å². The molecule has 6 rings (SSSR count). The summed E-state index contributed by atoms with van der Waals surface area (Å²) < 4.78 is 7.31. The molecular formula is C31H33N7O3. The van der Waals surface area contributed by atoms with Crippen LogP contribution in [-0.4, -0.2) is 74.5 Å². The number of amides is 3. The molecule has 2 atom stereocenters. The first-order valence-corrected chi connectivity index (χ1v) is 13.8. The van der Waals surface area contributed by atoms with E-state index >= 15 is 0 Å². The number of carbonyl (C=O) groups excluding carboxylic acids is 2. The third kappa shape index (κ3) is 5.26. The van der Waals surface area contributed by atoms with Crippen LogP contribution < -0.4 is 10.6 Å². The van der Waals surface area contributed by atoms with Crippen molar-refractivity contribution in [1.29, 1.82) is 0 Å². The van der Waals surface area contributed by atoms with Crippen molar-refractivity contribution in [2.75, 3.05) is 36.9 Å². The molecular weight excluding hydrogens is 518 g/mol. The lowest BCUT2D eigenvalue weighted by Gasteiger charge is -2.27. The third-order valence-corrected chi connectivity index (χ3v) is 7.73. The zero-order valence-corrected chi connectivity index (χ0v) is 23.4. The maximum absolute atomic E-state index is 13.1. The van der Waals surface area contributed by atoms with Crippen LogP contribution in [0.3, 0.4) is 0 Å². The number of pyridine rings is 2. The summed E-state index contributed by atoms with van der Waals surface area (Å²) in [6.45, 7) is 8.32. The number of fused-ring (bicyclic) bond motifs is 1. The Morgan fingerprint density at radius 1 is 1.00 bits per heavy atom. The minimum atomic E-state index is -0.121. The molecule has 2 aliphatic rings. The average Bonchev–Trinajstić information content (AvgIpc) is 3.60. The van der Waals surface area contributed by atoms with E-state index in [9.17, 15) is 9.59 Å². The Morgan fingerprint density at radius 2 is 1.78 bits per heavy atom. The predicted molar refractivity (Wildman–Crippen MR) is 159 cm³/mol. The summed E-state index contributed by atoms with van der Waals surface area (Å²) in [6, 6.07) is 11.5. The van der Waals surface area contributed by atoms with Crippen molar-refractivity contribution in [2.45, 2.75) is 32.9 Å². The highest BCUT2D eigenvalue weighted by atomic mass is 16.5. The van der Waals surface area contributed by atoms with E-state index < -0.39 is 0 Å². The molecule has 2 N–H and O–H groups in total. The number of hydrogen-bond donors (Lipinski definition) is 2. The first-order chi connectivity index (χ1) is 19.9. The molecule has 0 spiro atoms. The maximum atomic E-state index is 13.1. The van der Waals surface area contributed by atoms with Crippen LogP contribution in [-0.2, 0) is 4.74 Å². The van der Waals surface area contributed by atoms with Crippen LogP contribution in [0.25, 0.3) is 16.8 Å². The summed E-state index contributed by atoms with van der Waals surface area (Å²) in [5, 5.41) is 6.49. The Morgan fingerprint density at radius 3 is 2.51 bits per heavy atom. The van der Waals surface area contributed by atoms with Crippen LogP contribution in [0.2, 0.25) is 0 Å². The molecule has 1 fully saturated rings. The highest BCUT2D eigenvalue weighted by molar-refractivity contribution is 5.94. The number of benzene rings is 1. The van der Waals surface area contributed by atoms with Crippen LogP contribution >= 0.6 is 0 Å². The molecule has 10 heteroatoms. The Kier molecular flexibility index (Phi) is 7.15. The van der Waals surface area contributed by atoms with Crippen LogP contribution in [0.15, 0.2) is 73.3 Å². The zero-order valence-electron chi connectivity index (χ0n) is 23.4. The molecule has 41 heavy (non-hydrogen) atoms. The van der Waals surface area contributed by atoms with Gasteiger partial charge in [0.15, 0.2) is 5.65 Å². The Hall–Kier alpha value is -4.70. The van der Waals surface area contributed by atoms with Crippen molar-refractivity contribution in [3.8, 4) is 11.1 Å². The third-order valence-electron chi connectivity index (χ3n) is 7.73. The van der Waals surface area contributed by atoms with E-state index in [1.165, 1.54) is 0 Å². The SMILES string of the molecule is Cc1c(NC(=O)N2C(C)C=CC2C)cccc1-c1cc(Nc2ccc(C(=O)N3CCOCC3)cn2)c2nccn2c1. The standard InChI is InChI=1S/C31H33N7O3/c1-20-7-8-21(2)38(20)31(40)35-26-6-4-5-25(22(26)3)24-17-27(29-32-11-12-37(29)19-24)34-28-10-9-23(18-33-28)30(39)36-13-15-41-16-14-36/h4-12,17-21H,13-16H2,1-3H3,(H,33,34)(H,35,40). The molecule has 0 saturated carbocycles. The summed E-state index contributed by atoms with van der Waals surface area (Å²) in [5.41, 5.74) is 5.73. The van der Waals surface area contributed by atoms with Crippen LogP contribution in [0.5, 0.6) is 0 Å². The molecule has 0 aliphatic carbocycles. The van der Waals surface area contributed by atoms with Crippen LogP contribution in [0.1, 0.15) is 29.8 Å². The fourth-order valence-corrected chi connectivity index (χ4v) is 5.46. The highest BCUT2D eigenvalue weighted by Gasteiger charge is 2.27. The van der Waals surface area contributed by atoms with Crippen molar-refractivity contribution in [1.82, 2.24) is 24.2 Å². The van der Waals surface area contributed by atoms with Gasteiger partial charge in [0.2, 0.25) is 0 Å². The van der Waals surface area contributed by atoms with E-state index in [0.29, 0.717) is 37.7 Å². The van der Waals surface area contributed by atoms with Crippen LogP contribution in [0.4, 0.5) is 22.0 Å².